The van der Waals surface area contributed by atoms with Gasteiger partial charge in [-0.2, -0.15) is 0 Å². The van der Waals surface area contributed by atoms with Crippen molar-refractivity contribution in [3.8, 4) is 0 Å². The van der Waals surface area contributed by atoms with Gasteiger partial charge in [0.2, 0.25) is 5.91 Å². The molecule has 3 rings (SSSR count). The van der Waals surface area contributed by atoms with E-state index < -0.39 is 0 Å². The van der Waals surface area contributed by atoms with Crippen LogP contribution >= 0.6 is 0 Å². The topological polar surface area (TPSA) is 29.1 Å². The maximum Gasteiger partial charge on any atom is 0.223 e. The van der Waals surface area contributed by atoms with Crippen LogP contribution in [0.1, 0.15) is 30.4 Å². The Morgan fingerprint density at radius 1 is 1.44 bits per heavy atom. The van der Waals surface area contributed by atoms with Gasteiger partial charge in [-0.1, -0.05) is 29.8 Å². The van der Waals surface area contributed by atoms with Crippen molar-refractivity contribution in [1.29, 1.82) is 0 Å². The summed E-state index contributed by atoms with van der Waals surface area (Å²) in [6.45, 7) is 2.96. The van der Waals surface area contributed by atoms with E-state index in [-0.39, 0.29) is 17.2 Å². The van der Waals surface area contributed by atoms with Gasteiger partial charge in [0, 0.05) is 17.9 Å². The number of aryl methyl sites for hydroxylation is 1. The van der Waals surface area contributed by atoms with Crippen molar-refractivity contribution < 1.29 is 4.79 Å². The first kappa shape index (κ1) is 9.88. The largest absolute Gasteiger partial charge is 0.355 e. The second kappa shape index (κ2) is 3.34. The quantitative estimate of drug-likeness (QED) is 0.764. The molecule has 1 saturated heterocycles. The Kier molecular flexibility index (Phi) is 2.06. The number of rotatable bonds is 1. The normalized spacial score (nSPS) is 32.6. The van der Waals surface area contributed by atoms with Gasteiger partial charge in [0.05, 0.1) is 0 Å². The summed E-state index contributed by atoms with van der Waals surface area (Å²) in [5.74, 6) is 0.523. The van der Waals surface area contributed by atoms with Gasteiger partial charge in [0.25, 0.3) is 0 Å². The zero-order valence-electron chi connectivity index (χ0n) is 9.62. The van der Waals surface area contributed by atoms with Crippen molar-refractivity contribution in [3.05, 3.63) is 35.4 Å². The van der Waals surface area contributed by atoms with Crippen LogP contribution in [0.3, 0.4) is 0 Å². The lowest BCUT2D eigenvalue weighted by Gasteiger charge is -2.34. The first-order valence-corrected chi connectivity index (χ1v) is 6.04. The maximum absolute atomic E-state index is 11.6. The van der Waals surface area contributed by atoms with Gasteiger partial charge in [-0.3, -0.25) is 4.79 Å². The Balaban J connectivity index is 1.98. The lowest BCUT2D eigenvalue weighted by Crippen LogP contribution is -2.45. The van der Waals surface area contributed by atoms with Gasteiger partial charge in [-0.05, 0) is 31.7 Å². The molecule has 1 aliphatic heterocycles. The fourth-order valence-electron chi connectivity index (χ4n) is 3.25. The number of carbonyl (C=O) groups is 1. The summed E-state index contributed by atoms with van der Waals surface area (Å²) in [4.78, 5) is 11.6. The third kappa shape index (κ3) is 1.36. The molecular weight excluding hydrogens is 198 g/mol. The molecule has 2 nitrogen and oxygen atoms in total. The number of fused-ring (bicyclic) bond motifs is 2. The minimum Gasteiger partial charge on any atom is -0.355 e. The lowest BCUT2D eigenvalue weighted by atomic mass is 9.76. The Hall–Kier alpha value is -1.31. The first-order valence-electron chi connectivity index (χ1n) is 6.04. The molecule has 0 radical (unpaired) electrons. The van der Waals surface area contributed by atoms with Crippen LogP contribution in [0.25, 0.3) is 0 Å². The molecule has 1 heterocycles. The lowest BCUT2D eigenvalue weighted by molar-refractivity contribution is -0.126. The molecule has 2 unspecified atom stereocenters. The molecule has 2 atom stereocenters. The highest BCUT2D eigenvalue weighted by atomic mass is 16.2. The van der Waals surface area contributed by atoms with Crippen LogP contribution in [-0.2, 0) is 10.2 Å². The fourth-order valence-corrected chi connectivity index (χ4v) is 3.25. The van der Waals surface area contributed by atoms with Gasteiger partial charge in [0.1, 0.15) is 0 Å². The second-order valence-corrected chi connectivity index (χ2v) is 5.31. The van der Waals surface area contributed by atoms with Crippen LogP contribution in [0.5, 0.6) is 0 Å². The summed E-state index contributed by atoms with van der Waals surface area (Å²) in [5, 5.41) is 3.06. The molecule has 1 aliphatic carbocycles. The zero-order chi connectivity index (χ0) is 11.2. The van der Waals surface area contributed by atoms with E-state index in [9.17, 15) is 4.79 Å². The maximum atomic E-state index is 11.6. The number of amides is 1. The van der Waals surface area contributed by atoms with E-state index in [1.807, 2.05) is 0 Å². The van der Waals surface area contributed by atoms with Gasteiger partial charge in [-0.25, -0.2) is 0 Å². The molecule has 0 aromatic heterocycles. The SMILES string of the molecule is Cc1cccc(C23CCC(C2)C(=O)NC3)c1. The molecule has 1 N–H and O–H groups in total. The minimum atomic E-state index is 0.227. The van der Waals surface area contributed by atoms with E-state index in [4.69, 9.17) is 0 Å². The van der Waals surface area contributed by atoms with E-state index >= 15 is 0 Å². The van der Waals surface area contributed by atoms with Crippen molar-refractivity contribution >= 4 is 5.91 Å². The van der Waals surface area contributed by atoms with Gasteiger partial charge >= 0.3 is 0 Å². The Bertz CT molecular complexity index is 440. The first-order chi connectivity index (χ1) is 7.70. The Morgan fingerprint density at radius 2 is 2.31 bits per heavy atom. The molecule has 2 fully saturated rings. The standard InChI is InChI=1S/C14H17NO/c1-10-3-2-4-12(7-10)14-6-5-11(8-14)13(16)15-9-14/h2-4,7,11H,5-6,8-9H2,1H3,(H,15,16). The Morgan fingerprint density at radius 3 is 3.12 bits per heavy atom. The highest BCUT2D eigenvalue weighted by molar-refractivity contribution is 5.80. The number of hydrogen-bond acceptors (Lipinski definition) is 1. The fraction of sp³-hybridized carbons (Fsp3) is 0.500. The molecule has 2 bridgehead atoms. The van der Waals surface area contributed by atoms with Crippen LogP contribution in [-0.4, -0.2) is 12.5 Å². The van der Waals surface area contributed by atoms with Crippen LogP contribution < -0.4 is 5.32 Å². The van der Waals surface area contributed by atoms with Crippen LogP contribution in [0.2, 0.25) is 0 Å². The smallest absolute Gasteiger partial charge is 0.223 e. The van der Waals surface area contributed by atoms with E-state index in [2.05, 4.69) is 36.5 Å². The second-order valence-electron chi connectivity index (χ2n) is 5.31. The average molecular weight is 215 g/mol. The molecule has 1 amide bonds. The number of hydrogen-bond donors (Lipinski definition) is 1. The number of benzene rings is 1. The monoisotopic (exact) mass is 215 g/mol. The summed E-state index contributed by atoms with van der Waals surface area (Å²) in [6, 6.07) is 8.75. The predicted octanol–water partition coefficient (Wildman–Crippen LogP) is 2.16. The van der Waals surface area contributed by atoms with Crippen molar-refractivity contribution in [2.75, 3.05) is 6.54 Å². The zero-order valence-corrected chi connectivity index (χ0v) is 9.62. The Labute approximate surface area is 96.1 Å². The molecule has 0 spiro atoms. The summed E-state index contributed by atoms with van der Waals surface area (Å²) in [6.07, 6.45) is 3.25. The molecule has 16 heavy (non-hydrogen) atoms. The van der Waals surface area contributed by atoms with Crippen molar-refractivity contribution in [2.45, 2.75) is 31.6 Å². The molecule has 2 aliphatic rings. The van der Waals surface area contributed by atoms with E-state index in [0.29, 0.717) is 0 Å². The van der Waals surface area contributed by atoms with Crippen molar-refractivity contribution in [2.24, 2.45) is 5.92 Å². The van der Waals surface area contributed by atoms with Crippen LogP contribution in [0.15, 0.2) is 24.3 Å². The molecule has 2 heteroatoms. The summed E-state index contributed by atoms with van der Waals surface area (Å²) in [5.41, 5.74) is 2.95. The third-order valence-corrected chi connectivity index (χ3v) is 4.21. The average Bonchev–Trinajstić information content (AvgIpc) is 2.66. The molecule has 1 aromatic rings. The molecule has 1 saturated carbocycles. The van der Waals surface area contributed by atoms with Gasteiger partial charge in [-0.15, -0.1) is 0 Å². The van der Waals surface area contributed by atoms with Gasteiger partial charge in [0.15, 0.2) is 0 Å². The predicted molar refractivity (Wildman–Crippen MR) is 63.2 cm³/mol. The van der Waals surface area contributed by atoms with Crippen molar-refractivity contribution in [1.82, 2.24) is 5.32 Å². The van der Waals surface area contributed by atoms with E-state index in [1.54, 1.807) is 0 Å². The highest BCUT2D eigenvalue weighted by Crippen LogP contribution is 2.46. The molecular formula is C14H17NO. The van der Waals surface area contributed by atoms with Gasteiger partial charge < -0.3 is 5.32 Å². The summed E-state index contributed by atoms with van der Waals surface area (Å²) >= 11 is 0. The highest BCUT2D eigenvalue weighted by Gasteiger charge is 2.46. The van der Waals surface area contributed by atoms with Crippen LogP contribution in [0, 0.1) is 12.8 Å². The van der Waals surface area contributed by atoms with Crippen LogP contribution in [0.4, 0.5) is 0 Å². The third-order valence-electron chi connectivity index (χ3n) is 4.21. The van der Waals surface area contributed by atoms with Crippen molar-refractivity contribution in [3.63, 3.8) is 0 Å². The number of piperidine rings is 1. The number of nitrogens with one attached hydrogen (secondary N) is 1. The molecule has 1 aromatic carbocycles. The molecule has 84 valence electrons. The number of carbonyl (C=O) groups excluding carboxylic acids is 1. The van der Waals surface area contributed by atoms with E-state index in [1.165, 1.54) is 11.1 Å². The van der Waals surface area contributed by atoms with E-state index in [0.717, 1.165) is 25.8 Å². The summed E-state index contributed by atoms with van der Waals surface area (Å²) in [7, 11) is 0. The minimum absolute atomic E-state index is 0.227. The summed E-state index contributed by atoms with van der Waals surface area (Å²) < 4.78 is 0.